The Bertz CT molecular complexity index is 431. The van der Waals surface area contributed by atoms with Crippen LogP contribution in [0.5, 0.6) is 5.75 Å². The van der Waals surface area contributed by atoms with Crippen molar-refractivity contribution >= 4 is 17.7 Å². The Morgan fingerprint density at radius 1 is 1.26 bits per heavy atom. The summed E-state index contributed by atoms with van der Waals surface area (Å²) < 4.78 is 36.7. The van der Waals surface area contributed by atoms with Crippen LogP contribution in [0.25, 0.3) is 0 Å². The second kappa shape index (κ2) is 7.09. The molecule has 6 nitrogen and oxygen atoms in total. The van der Waals surface area contributed by atoms with Crippen molar-refractivity contribution in [3.8, 4) is 5.75 Å². The maximum Gasteiger partial charge on any atom is 0.490 e. The van der Waals surface area contributed by atoms with E-state index in [1.165, 1.54) is 0 Å². The van der Waals surface area contributed by atoms with Crippen molar-refractivity contribution in [2.75, 3.05) is 12.4 Å². The highest BCUT2D eigenvalue weighted by Gasteiger charge is 2.38. The second-order valence-corrected chi connectivity index (χ2v) is 3.02. The minimum Gasteiger partial charge on any atom is -0.497 e. The number of aliphatic carboxylic acids is 1. The Balaban J connectivity index is 0.000000399. The van der Waals surface area contributed by atoms with Crippen molar-refractivity contribution in [2.45, 2.75) is 6.18 Å². The van der Waals surface area contributed by atoms with E-state index >= 15 is 0 Å². The van der Waals surface area contributed by atoms with Crippen LogP contribution in [0, 0.1) is 0 Å². The van der Waals surface area contributed by atoms with E-state index in [9.17, 15) is 18.0 Å². The number of nitrogens with two attached hydrogens (primary N) is 1. The molecule has 2 amide bonds. The summed E-state index contributed by atoms with van der Waals surface area (Å²) in [7, 11) is 1.58. The molecule has 0 atom stereocenters. The van der Waals surface area contributed by atoms with Gasteiger partial charge in [0.25, 0.3) is 0 Å². The van der Waals surface area contributed by atoms with E-state index in [2.05, 4.69) is 5.32 Å². The van der Waals surface area contributed by atoms with Crippen LogP contribution < -0.4 is 15.8 Å². The van der Waals surface area contributed by atoms with Gasteiger partial charge in [0, 0.05) is 5.69 Å². The minimum atomic E-state index is -5.08. The highest BCUT2D eigenvalue weighted by atomic mass is 19.4. The van der Waals surface area contributed by atoms with Crippen LogP contribution >= 0.6 is 0 Å². The smallest absolute Gasteiger partial charge is 0.490 e. The molecule has 0 heterocycles. The lowest BCUT2D eigenvalue weighted by Gasteiger charge is -2.02. The molecule has 0 aliphatic rings. The van der Waals surface area contributed by atoms with Gasteiger partial charge in [0.2, 0.25) is 0 Å². The topological polar surface area (TPSA) is 102 Å². The lowest BCUT2D eigenvalue weighted by molar-refractivity contribution is -0.192. The first kappa shape index (κ1) is 16.6. The van der Waals surface area contributed by atoms with Crippen molar-refractivity contribution in [3.05, 3.63) is 24.3 Å². The lowest BCUT2D eigenvalue weighted by atomic mass is 10.3. The van der Waals surface area contributed by atoms with Gasteiger partial charge < -0.3 is 20.9 Å². The number of primary amides is 1. The Hall–Kier alpha value is -2.45. The standard InChI is InChI=1S/C8H10N2O2.C2HF3O2/c1-12-7-4-2-6(3-5-7)10-8(9)11;3-2(4,5)1(6)7/h2-5H,1H3,(H3,9,10,11);(H,6,7). The van der Waals surface area contributed by atoms with E-state index in [0.29, 0.717) is 5.69 Å². The fourth-order valence-electron chi connectivity index (χ4n) is 0.817. The first-order valence-electron chi connectivity index (χ1n) is 4.67. The van der Waals surface area contributed by atoms with Gasteiger partial charge in [-0.25, -0.2) is 9.59 Å². The summed E-state index contributed by atoms with van der Waals surface area (Å²) >= 11 is 0. The van der Waals surface area contributed by atoms with E-state index in [1.54, 1.807) is 31.4 Å². The molecule has 0 aliphatic heterocycles. The van der Waals surface area contributed by atoms with Gasteiger partial charge in [0.05, 0.1) is 7.11 Å². The number of hydrogen-bond donors (Lipinski definition) is 3. The van der Waals surface area contributed by atoms with Gasteiger partial charge in [-0.1, -0.05) is 0 Å². The van der Waals surface area contributed by atoms with Crippen molar-refractivity contribution in [1.82, 2.24) is 0 Å². The number of nitrogens with one attached hydrogen (secondary N) is 1. The molecule has 106 valence electrons. The molecule has 0 saturated heterocycles. The maximum absolute atomic E-state index is 10.6. The number of carboxylic acids is 1. The number of carboxylic acid groups (broad SMARTS) is 1. The molecular formula is C10H11F3N2O4. The number of amides is 2. The summed E-state index contributed by atoms with van der Waals surface area (Å²) in [4.78, 5) is 19.3. The SMILES string of the molecule is COc1ccc(NC(N)=O)cc1.O=C(O)C(F)(F)F. The number of ether oxygens (including phenoxy) is 1. The summed E-state index contributed by atoms with van der Waals surface area (Å²) in [6.45, 7) is 0. The highest BCUT2D eigenvalue weighted by Crippen LogP contribution is 2.14. The molecule has 0 spiro atoms. The van der Waals surface area contributed by atoms with Crippen LogP contribution in [-0.4, -0.2) is 30.4 Å². The van der Waals surface area contributed by atoms with Crippen LogP contribution in [0.3, 0.4) is 0 Å². The van der Waals surface area contributed by atoms with Gasteiger partial charge in [-0.15, -0.1) is 0 Å². The lowest BCUT2D eigenvalue weighted by Crippen LogP contribution is -2.21. The zero-order chi connectivity index (χ0) is 15.1. The maximum atomic E-state index is 10.6. The van der Waals surface area contributed by atoms with E-state index in [4.69, 9.17) is 20.4 Å². The third-order valence-corrected chi connectivity index (χ3v) is 1.60. The Morgan fingerprint density at radius 3 is 1.95 bits per heavy atom. The van der Waals surface area contributed by atoms with Crippen molar-refractivity contribution in [1.29, 1.82) is 0 Å². The van der Waals surface area contributed by atoms with Gasteiger partial charge in [0.1, 0.15) is 5.75 Å². The van der Waals surface area contributed by atoms with Crippen molar-refractivity contribution < 1.29 is 32.6 Å². The normalized spacial score (nSPS) is 9.89. The van der Waals surface area contributed by atoms with Gasteiger partial charge in [0.15, 0.2) is 0 Å². The molecule has 0 saturated carbocycles. The molecule has 1 aromatic carbocycles. The number of carbonyl (C=O) groups excluding carboxylic acids is 1. The number of urea groups is 1. The summed E-state index contributed by atoms with van der Waals surface area (Å²) in [6.07, 6.45) is -5.08. The van der Waals surface area contributed by atoms with E-state index in [-0.39, 0.29) is 0 Å². The zero-order valence-corrected chi connectivity index (χ0v) is 9.69. The molecule has 4 N–H and O–H groups in total. The fourth-order valence-corrected chi connectivity index (χ4v) is 0.817. The first-order chi connectivity index (χ1) is 8.66. The first-order valence-corrected chi connectivity index (χ1v) is 4.67. The molecule has 19 heavy (non-hydrogen) atoms. The number of hydrogen-bond acceptors (Lipinski definition) is 3. The highest BCUT2D eigenvalue weighted by molar-refractivity contribution is 5.87. The summed E-state index contributed by atoms with van der Waals surface area (Å²) in [5.41, 5.74) is 5.57. The molecule has 0 unspecified atom stereocenters. The number of rotatable bonds is 2. The average molecular weight is 280 g/mol. The minimum absolute atomic E-state index is 0.569. The quantitative estimate of drug-likeness (QED) is 0.768. The van der Waals surface area contributed by atoms with Gasteiger partial charge in [-0.2, -0.15) is 13.2 Å². The molecule has 9 heteroatoms. The molecule has 0 aromatic heterocycles. The Labute approximate surface area is 106 Å². The van der Waals surface area contributed by atoms with Crippen molar-refractivity contribution in [3.63, 3.8) is 0 Å². The summed E-state index contributed by atoms with van der Waals surface area (Å²) in [5.74, 6) is -2.02. The third-order valence-electron chi connectivity index (χ3n) is 1.60. The van der Waals surface area contributed by atoms with E-state index in [1.807, 2.05) is 0 Å². The number of halogens is 3. The number of carbonyl (C=O) groups is 2. The molecular weight excluding hydrogens is 269 g/mol. The van der Waals surface area contributed by atoms with E-state index < -0.39 is 18.2 Å². The number of methoxy groups -OCH3 is 1. The average Bonchev–Trinajstić information content (AvgIpc) is 2.28. The molecule has 0 aliphatic carbocycles. The van der Waals surface area contributed by atoms with Crippen LogP contribution in [0.1, 0.15) is 0 Å². The predicted octanol–water partition coefficient (Wildman–Crippen LogP) is 1.82. The molecule has 1 rings (SSSR count). The second-order valence-electron chi connectivity index (χ2n) is 3.02. The molecule has 0 radical (unpaired) electrons. The number of alkyl halides is 3. The van der Waals surface area contributed by atoms with Gasteiger partial charge >= 0.3 is 18.2 Å². The van der Waals surface area contributed by atoms with E-state index in [0.717, 1.165) is 5.75 Å². The molecule has 0 fully saturated rings. The van der Waals surface area contributed by atoms with Crippen molar-refractivity contribution in [2.24, 2.45) is 5.73 Å². The number of anilines is 1. The molecule has 1 aromatic rings. The summed E-state index contributed by atoms with van der Waals surface area (Å²) in [5, 5.41) is 9.56. The van der Waals surface area contributed by atoms with Crippen LogP contribution in [0.15, 0.2) is 24.3 Å². The fraction of sp³-hybridized carbons (Fsp3) is 0.200. The van der Waals surface area contributed by atoms with Crippen LogP contribution in [0.4, 0.5) is 23.7 Å². The van der Waals surface area contributed by atoms with Crippen LogP contribution in [-0.2, 0) is 4.79 Å². The predicted molar refractivity (Wildman–Crippen MR) is 59.9 cm³/mol. The summed E-state index contributed by atoms with van der Waals surface area (Å²) in [6, 6.07) is 6.34. The van der Waals surface area contributed by atoms with Gasteiger partial charge in [-0.3, -0.25) is 0 Å². The number of benzene rings is 1. The third kappa shape index (κ3) is 7.47. The largest absolute Gasteiger partial charge is 0.497 e. The Kier molecular flexibility index (Phi) is 6.17. The Morgan fingerprint density at radius 2 is 1.68 bits per heavy atom. The zero-order valence-electron chi connectivity index (χ0n) is 9.69. The van der Waals surface area contributed by atoms with Gasteiger partial charge in [-0.05, 0) is 24.3 Å². The van der Waals surface area contributed by atoms with Crippen LogP contribution in [0.2, 0.25) is 0 Å². The molecule has 0 bridgehead atoms. The monoisotopic (exact) mass is 280 g/mol.